The van der Waals surface area contributed by atoms with Crippen molar-refractivity contribution in [2.24, 2.45) is 0 Å². The molecule has 1 aromatic carbocycles. The minimum absolute atomic E-state index is 0.282. The molecule has 1 atom stereocenters. The maximum atomic E-state index is 11.7. The number of carbonyl (C=O) groups is 1. The van der Waals surface area contributed by atoms with Crippen molar-refractivity contribution in [2.45, 2.75) is 13.2 Å². The molecule has 18 heavy (non-hydrogen) atoms. The maximum Gasteiger partial charge on any atom is 0.342 e. The van der Waals surface area contributed by atoms with Gasteiger partial charge in [-0.25, -0.2) is 15.1 Å². The molecule has 0 unspecified atom stereocenters. The molecule has 0 saturated heterocycles. The van der Waals surface area contributed by atoms with E-state index < -0.39 is 6.23 Å². The highest BCUT2D eigenvalue weighted by atomic mass is 16.6. The lowest BCUT2D eigenvalue weighted by Gasteiger charge is -2.07. The molecule has 0 saturated carbocycles. The van der Waals surface area contributed by atoms with Gasteiger partial charge in [-0.3, -0.25) is 0 Å². The van der Waals surface area contributed by atoms with Crippen LogP contribution in [0.2, 0.25) is 0 Å². The highest BCUT2D eigenvalue weighted by Gasteiger charge is 2.33. The molecular weight excluding hydrogens is 228 g/mol. The molecule has 0 fully saturated rings. The van der Waals surface area contributed by atoms with Gasteiger partial charge in [-0.15, -0.1) is 0 Å². The highest BCUT2D eigenvalue weighted by Crippen LogP contribution is 2.30. The Morgan fingerprint density at radius 1 is 1.28 bits per heavy atom. The molecule has 3 rings (SSSR count). The molecule has 90 valence electrons. The number of fused-ring (bicyclic) bond motifs is 1. The number of aromatic amines is 1. The maximum absolute atomic E-state index is 11.7. The van der Waals surface area contributed by atoms with Crippen molar-refractivity contribution in [3.8, 4) is 0 Å². The van der Waals surface area contributed by atoms with Gasteiger partial charge in [0.25, 0.3) is 12.0 Å². The van der Waals surface area contributed by atoms with Crippen LogP contribution in [0.1, 0.15) is 27.7 Å². The molecule has 0 spiro atoms. The predicted octanol–water partition coefficient (Wildman–Crippen LogP) is 2.09. The Kier molecular flexibility index (Phi) is 2.48. The first-order chi connectivity index (χ1) is 8.74. The third-order valence-electron chi connectivity index (χ3n) is 2.93. The van der Waals surface area contributed by atoms with Gasteiger partial charge in [-0.1, -0.05) is 18.2 Å². The fourth-order valence-corrected chi connectivity index (χ4v) is 2.06. The number of anilines is 1. The van der Waals surface area contributed by atoms with Crippen molar-refractivity contribution >= 4 is 11.8 Å². The number of rotatable bonds is 2. The fraction of sp³-hybridized carbons (Fsp3) is 0.143. The van der Waals surface area contributed by atoms with E-state index >= 15 is 0 Å². The molecule has 1 aromatic heterocycles. The van der Waals surface area contributed by atoms with Crippen molar-refractivity contribution in [2.75, 3.05) is 5.32 Å². The van der Waals surface area contributed by atoms with Crippen molar-refractivity contribution < 1.29 is 14.5 Å². The number of carbonyl (C=O) groups excluding carboxylic acids is 1. The minimum Gasteiger partial charge on any atom is -0.414 e. The summed E-state index contributed by atoms with van der Waals surface area (Å²) < 4.78 is 5.31. The standard InChI is InChI=1S/C14H12N2O2/c1-9-6-7-15-12(8-9)16-13-10-4-2-3-5-11(10)14(17)18-13/h2-8,13H,1H3,(H,15,16)/p+1/t13-/m1/s1. The van der Waals surface area contributed by atoms with E-state index in [9.17, 15) is 4.79 Å². The summed E-state index contributed by atoms with van der Waals surface area (Å²) in [6.07, 6.45) is 1.42. The number of aromatic nitrogens is 1. The molecule has 2 aromatic rings. The van der Waals surface area contributed by atoms with E-state index in [4.69, 9.17) is 4.74 Å². The number of pyridine rings is 1. The summed E-state index contributed by atoms with van der Waals surface area (Å²) in [6.45, 7) is 2.01. The van der Waals surface area contributed by atoms with Crippen LogP contribution in [0.3, 0.4) is 0 Å². The lowest BCUT2D eigenvalue weighted by molar-refractivity contribution is -0.362. The van der Waals surface area contributed by atoms with E-state index in [1.165, 1.54) is 0 Å². The van der Waals surface area contributed by atoms with Gasteiger partial charge in [0.15, 0.2) is 0 Å². The fourth-order valence-electron chi connectivity index (χ4n) is 2.06. The number of ether oxygens (including phenoxy) is 1. The Hall–Kier alpha value is -2.36. The third kappa shape index (κ3) is 1.82. The Labute approximate surface area is 105 Å². The number of hydrogen-bond donors (Lipinski definition) is 1. The van der Waals surface area contributed by atoms with Gasteiger partial charge in [0, 0.05) is 6.07 Å². The van der Waals surface area contributed by atoms with Crippen molar-refractivity contribution in [3.63, 3.8) is 0 Å². The van der Waals surface area contributed by atoms with E-state index in [2.05, 4.69) is 10.3 Å². The number of cyclic esters (lactones) is 1. The van der Waals surface area contributed by atoms with E-state index in [0.717, 1.165) is 16.9 Å². The van der Waals surface area contributed by atoms with Crippen LogP contribution < -0.4 is 10.3 Å². The second-order valence-electron chi connectivity index (χ2n) is 4.30. The summed E-state index contributed by atoms with van der Waals surface area (Å²) in [7, 11) is 0. The quantitative estimate of drug-likeness (QED) is 0.819. The SMILES string of the molecule is Cc1cc[nH+]c(N[C@@H]2OC(=O)c3ccccc32)c1. The predicted molar refractivity (Wildman–Crippen MR) is 66.0 cm³/mol. The molecule has 1 aliphatic heterocycles. The van der Waals surface area contributed by atoms with Gasteiger partial charge in [0.2, 0.25) is 0 Å². The van der Waals surface area contributed by atoms with Crippen LogP contribution in [0, 0.1) is 6.92 Å². The molecule has 0 radical (unpaired) electrons. The van der Waals surface area contributed by atoms with Gasteiger partial charge in [0.05, 0.1) is 17.3 Å². The van der Waals surface area contributed by atoms with Gasteiger partial charge in [-0.2, -0.15) is 0 Å². The average molecular weight is 241 g/mol. The van der Waals surface area contributed by atoms with Gasteiger partial charge in [-0.05, 0) is 24.6 Å². The second kappa shape index (κ2) is 4.14. The molecular formula is C14H13N2O2+. The summed E-state index contributed by atoms with van der Waals surface area (Å²) in [5, 5.41) is 3.17. The summed E-state index contributed by atoms with van der Waals surface area (Å²) in [6, 6.07) is 11.3. The Morgan fingerprint density at radius 2 is 2.11 bits per heavy atom. The zero-order valence-electron chi connectivity index (χ0n) is 9.94. The Morgan fingerprint density at radius 3 is 2.94 bits per heavy atom. The first-order valence-corrected chi connectivity index (χ1v) is 5.79. The van der Waals surface area contributed by atoms with Crippen LogP contribution in [-0.2, 0) is 4.74 Å². The number of hydrogen-bond acceptors (Lipinski definition) is 3. The van der Waals surface area contributed by atoms with Gasteiger partial charge in [0.1, 0.15) is 0 Å². The molecule has 4 heteroatoms. The summed E-state index contributed by atoms with van der Waals surface area (Å²) >= 11 is 0. The summed E-state index contributed by atoms with van der Waals surface area (Å²) in [5.74, 6) is 0.542. The lowest BCUT2D eigenvalue weighted by Crippen LogP contribution is -2.17. The zero-order valence-corrected chi connectivity index (χ0v) is 9.94. The van der Waals surface area contributed by atoms with E-state index in [1.807, 2.05) is 43.5 Å². The van der Waals surface area contributed by atoms with Crippen LogP contribution >= 0.6 is 0 Å². The first kappa shape index (κ1) is 10.8. The molecule has 0 bridgehead atoms. The average Bonchev–Trinajstić information content (AvgIpc) is 2.67. The Balaban J connectivity index is 1.90. The minimum atomic E-state index is -0.424. The van der Waals surface area contributed by atoms with Crippen LogP contribution in [0.5, 0.6) is 0 Å². The molecule has 0 amide bonds. The molecule has 2 heterocycles. The van der Waals surface area contributed by atoms with Gasteiger partial charge < -0.3 is 4.74 Å². The van der Waals surface area contributed by atoms with Crippen molar-refractivity contribution in [3.05, 3.63) is 59.3 Å². The van der Waals surface area contributed by atoms with E-state index in [1.54, 1.807) is 6.07 Å². The van der Waals surface area contributed by atoms with E-state index in [0.29, 0.717) is 5.56 Å². The normalized spacial score (nSPS) is 17.2. The number of aryl methyl sites for hydroxylation is 1. The number of esters is 1. The summed E-state index contributed by atoms with van der Waals surface area (Å²) in [4.78, 5) is 14.7. The molecule has 0 aliphatic carbocycles. The monoisotopic (exact) mass is 241 g/mol. The highest BCUT2D eigenvalue weighted by molar-refractivity contribution is 5.94. The number of H-pyrrole nitrogens is 1. The van der Waals surface area contributed by atoms with Crippen LogP contribution in [0.25, 0.3) is 0 Å². The molecule has 4 nitrogen and oxygen atoms in total. The van der Waals surface area contributed by atoms with Gasteiger partial charge >= 0.3 is 5.97 Å². The van der Waals surface area contributed by atoms with Crippen LogP contribution in [0.4, 0.5) is 5.82 Å². The van der Waals surface area contributed by atoms with Crippen molar-refractivity contribution in [1.29, 1.82) is 0 Å². The number of benzene rings is 1. The topological polar surface area (TPSA) is 52.5 Å². The second-order valence-corrected chi connectivity index (χ2v) is 4.30. The van der Waals surface area contributed by atoms with E-state index in [-0.39, 0.29) is 5.97 Å². The molecule has 2 N–H and O–H groups in total. The largest absolute Gasteiger partial charge is 0.414 e. The first-order valence-electron chi connectivity index (χ1n) is 5.79. The van der Waals surface area contributed by atoms with Crippen LogP contribution in [-0.4, -0.2) is 5.97 Å². The lowest BCUT2D eigenvalue weighted by atomic mass is 10.1. The van der Waals surface area contributed by atoms with Crippen molar-refractivity contribution in [1.82, 2.24) is 0 Å². The third-order valence-corrected chi connectivity index (χ3v) is 2.93. The smallest absolute Gasteiger partial charge is 0.342 e. The zero-order chi connectivity index (χ0) is 12.5. The molecule has 1 aliphatic rings. The Bertz CT molecular complexity index is 610. The summed E-state index contributed by atoms with van der Waals surface area (Å²) in [5.41, 5.74) is 2.63. The van der Waals surface area contributed by atoms with Crippen LogP contribution in [0.15, 0.2) is 42.6 Å². The number of nitrogens with one attached hydrogen (secondary N) is 2.